The SMILES string of the molecule is C[C@@H]1CC[N+](Cc2ccccc2)(C(=O)O)CCN1. The van der Waals surface area contributed by atoms with Crippen LogP contribution in [0.2, 0.25) is 0 Å². The zero-order valence-corrected chi connectivity index (χ0v) is 10.8. The third-order valence-corrected chi connectivity index (χ3v) is 3.76. The molecule has 1 unspecified atom stereocenters. The fourth-order valence-electron chi connectivity index (χ4n) is 2.53. The summed E-state index contributed by atoms with van der Waals surface area (Å²) in [4.78, 5) is 11.7. The third-order valence-electron chi connectivity index (χ3n) is 3.76. The number of carbonyl (C=O) groups is 1. The standard InChI is InChI=1S/C14H20N2O2/c1-12-7-9-16(14(17)18,10-8-15-12)11-13-5-3-2-4-6-13/h2-6,12,15H,7-11H2,1H3/p+1/t12-,16?/m1/s1. The van der Waals surface area contributed by atoms with Crippen molar-refractivity contribution in [1.82, 2.24) is 5.32 Å². The molecule has 4 heteroatoms. The van der Waals surface area contributed by atoms with Gasteiger partial charge in [-0.1, -0.05) is 30.3 Å². The first kappa shape index (κ1) is 13.1. The van der Waals surface area contributed by atoms with Gasteiger partial charge in [0.2, 0.25) is 0 Å². The van der Waals surface area contributed by atoms with Gasteiger partial charge in [-0.3, -0.25) is 0 Å². The van der Waals surface area contributed by atoms with E-state index in [-0.39, 0.29) is 4.48 Å². The maximum absolute atomic E-state index is 11.7. The van der Waals surface area contributed by atoms with Crippen LogP contribution in [0.15, 0.2) is 30.3 Å². The molecule has 1 aliphatic rings. The predicted octanol–water partition coefficient (Wildman–Crippen LogP) is 2.06. The van der Waals surface area contributed by atoms with E-state index < -0.39 is 6.09 Å². The number of hydrogen-bond donors (Lipinski definition) is 2. The van der Waals surface area contributed by atoms with Gasteiger partial charge in [-0.25, -0.2) is 4.48 Å². The van der Waals surface area contributed by atoms with Crippen molar-refractivity contribution in [1.29, 1.82) is 0 Å². The van der Waals surface area contributed by atoms with E-state index >= 15 is 0 Å². The molecule has 0 radical (unpaired) electrons. The van der Waals surface area contributed by atoms with Crippen LogP contribution in [-0.4, -0.2) is 41.4 Å². The highest BCUT2D eigenvalue weighted by Gasteiger charge is 2.38. The number of amides is 1. The van der Waals surface area contributed by atoms with Crippen molar-refractivity contribution < 1.29 is 14.4 Å². The minimum Gasteiger partial charge on any atom is -0.435 e. The molecule has 18 heavy (non-hydrogen) atoms. The predicted molar refractivity (Wildman–Crippen MR) is 70.2 cm³/mol. The van der Waals surface area contributed by atoms with Crippen molar-refractivity contribution in [3.63, 3.8) is 0 Å². The summed E-state index contributed by atoms with van der Waals surface area (Å²) < 4.78 is 0.140. The second kappa shape index (κ2) is 5.50. The highest BCUT2D eigenvalue weighted by atomic mass is 16.4. The summed E-state index contributed by atoms with van der Waals surface area (Å²) in [5, 5.41) is 13.0. The Morgan fingerprint density at radius 2 is 2.11 bits per heavy atom. The molecule has 0 aliphatic carbocycles. The molecular formula is C14H21N2O2+. The molecule has 2 atom stereocenters. The van der Waals surface area contributed by atoms with Crippen LogP contribution in [0.1, 0.15) is 18.9 Å². The number of nitrogens with zero attached hydrogens (tertiary/aromatic N) is 1. The van der Waals surface area contributed by atoms with E-state index in [1.165, 1.54) is 0 Å². The normalized spacial score (nSPS) is 28.6. The molecule has 1 aliphatic heterocycles. The Morgan fingerprint density at radius 1 is 1.39 bits per heavy atom. The van der Waals surface area contributed by atoms with Crippen LogP contribution < -0.4 is 5.32 Å². The Hall–Kier alpha value is -1.39. The van der Waals surface area contributed by atoms with Crippen LogP contribution in [0, 0.1) is 0 Å². The van der Waals surface area contributed by atoms with E-state index in [1.807, 2.05) is 30.3 Å². The topological polar surface area (TPSA) is 49.3 Å². The minimum absolute atomic E-state index is 0.140. The van der Waals surface area contributed by atoms with Crippen LogP contribution in [0.25, 0.3) is 0 Å². The van der Waals surface area contributed by atoms with Gasteiger partial charge in [-0.2, -0.15) is 4.79 Å². The lowest BCUT2D eigenvalue weighted by Crippen LogP contribution is -2.53. The van der Waals surface area contributed by atoms with E-state index in [1.54, 1.807) is 0 Å². The molecule has 1 amide bonds. The molecule has 1 aromatic rings. The average Bonchev–Trinajstić information content (AvgIpc) is 2.54. The van der Waals surface area contributed by atoms with Crippen LogP contribution in [0.3, 0.4) is 0 Å². The number of rotatable bonds is 2. The summed E-state index contributed by atoms with van der Waals surface area (Å²) in [6.07, 6.45) is 0.189. The maximum atomic E-state index is 11.7. The second-order valence-electron chi connectivity index (χ2n) is 5.16. The first-order chi connectivity index (χ1) is 8.62. The number of nitrogens with one attached hydrogen (secondary N) is 1. The van der Waals surface area contributed by atoms with Crippen LogP contribution in [0.4, 0.5) is 4.79 Å². The molecule has 2 rings (SSSR count). The van der Waals surface area contributed by atoms with Crippen LogP contribution in [0.5, 0.6) is 0 Å². The Labute approximate surface area is 108 Å². The molecule has 0 saturated carbocycles. The molecule has 0 spiro atoms. The number of quaternary nitrogens is 1. The van der Waals surface area contributed by atoms with E-state index in [4.69, 9.17) is 0 Å². The summed E-state index contributed by atoms with van der Waals surface area (Å²) >= 11 is 0. The van der Waals surface area contributed by atoms with Gasteiger partial charge in [0.1, 0.15) is 13.1 Å². The summed E-state index contributed by atoms with van der Waals surface area (Å²) in [5.41, 5.74) is 1.09. The smallest absolute Gasteiger partial charge is 0.435 e. The van der Waals surface area contributed by atoms with E-state index in [2.05, 4.69) is 12.2 Å². The Kier molecular flexibility index (Phi) is 3.99. The summed E-state index contributed by atoms with van der Waals surface area (Å²) in [6.45, 7) is 4.79. The van der Waals surface area contributed by atoms with Gasteiger partial charge >= 0.3 is 6.09 Å². The number of benzene rings is 1. The lowest BCUT2D eigenvalue weighted by molar-refractivity contribution is -0.868. The highest BCUT2D eigenvalue weighted by molar-refractivity contribution is 5.56. The van der Waals surface area contributed by atoms with Crippen molar-refractivity contribution in [3.05, 3.63) is 35.9 Å². The van der Waals surface area contributed by atoms with Crippen LogP contribution >= 0.6 is 0 Å². The largest absolute Gasteiger partial charge is 0.513 e. The third kappa shape index (κ3) is 2.89. The first-order valence-corrected chi connectivity index (χ1v) is 6.49. The monoisotopic (exact) mass is 249 g/mol. The highest BCUT2D eigenvalue weighted by Crippen LogP contribution is 2.18. The quantitative estimate of drug-likeness (QED) is 0.789. The fraction of sp³-hybridized carbons (Fsp3) is 0.500. The van der Waals surface area contributed by atoms with Crippen molar-refractivity contribution in [2.24, 2.45) is 0 Å². The van der Waals surface area contributed by atoms with Gasteiger partial charge in [-0.05, 0) is 6.92 Å². The van der Waals surface area contributed by atoms with Crippen LogP contribution in [-0.2, 0) is 6.54 Å². The molecule has 1 heterocycles. The van der Waals surface area contributed by atoms with Crippen molar-refractivity contribution in [3.8, 4) is 0 Å². The Bertz CT molecular complexity index is 408. The first-order valence-electron chi connectivity index (χ1n) is 6.49. The lowest BCUT2D eigenvalue weighted by Gasteiger charge is -2.31. The molecule has 1 saturated heterocycles. The minimum atomic E-state index is -0.713. The maximum Gasteiger partial charge on any atom is 0.513 e. The Balaban J connectivity index is 2.19. The number of carboxylic acid groups (broad SMARTS) is 1. The molecule has 0 aromatic heterocycles. The van der Waals surface area contributed by atoms with E-state index in [9.17, 15) is 9.90 Å². The van der Waals surface area contributed by atoms with E-state index in [0.29, 0.717) is 25.7 Å². The lowest BCUT2D eigenvalue weighted by atomic mass is 10.1. The second-order valence-corrected chi connectivity index (χ2v) is 5.16. The summed E-state index contributed by atoms with van der Waals surface area (Å²) in [6, 6.07) is 10.3. The molecular weight excluding hydrogens is 228 g/mol. The summed E-state index contributed by atoms with van der Waals surface area (Å²) in [5.74, 6) is 0. The molecule has 1 aromatic carbocycles. The fourth-order valence-corrected chi connectivity index (χ4v) is 2.53. The van der Waals surface area contributed by atoms with Gasteiger partial charge in [0, 0.05) is 24.6 Å². The van der Waals surface area contributed by atoms with E-state index in [0.717, 1.165) is 18.5 Å². The average molecular weight is 249 g/mol. The van der Waals surface area contributed by atoms with Gasteiger partial charge in [-0.15, -0.1) is 0 Å². The zero-order chi connectivity index (χ0) is 13.0. The van der Waals surface area contributed by atoms with Gasteiger partial charge < -0.3 is 10.4 Å². The van der Waals surface area contributed by atoms with Gasteiger partial charge in [0.15, 0.2) is 0 Å². The molecule has 0 bridgehead atoms. The van der Waals surface area contributed by atoms with Crippen molar-refractivity contribution >= 4 is 6.09 Å². The number of hydrogen-bond acceptors (Lipinski definition) is 2. The molecule has 98 valence electrons. The molecule has 2 N–H and O–H groups in total. The Morgan fingerprint density at radius 3 is 2.78 bits per heavy atom. The van der Waals surface area contributed by atoms with Crippen molar-refractivity contribution in [2.45, 2.75) is 25.9 Å². The van der Waals surface area contributed by atoms with Crippen molar-refractivity contribution in [2.75, 3.05) is 19.6 Å². The molecule has 1 fully saturated rings. The summed E-state index contributed by atoms with van der Waals surface area (Å²) in [7, 11) is 0. The van der Waals surface area contributed by atoms with Gasteiger partial charge in [0.05, 0.1) is 6.54 Å². The molecule has 4 nitrogen and oxygen atoms in total. The zero-order valence-electron chi connectivity index (χ0n) is 10.8. The van der Waals surface area contributed by atoms with Gasteiger partial charge in [0.25, 0.3) is 0 Å².